The molecule has 0 aliphatic carbocycles. The van der Waals surface area contributed by atoms with E-state index in [1.54, 1.807) is 7.11 Å². The van der Waals surface area contributed by atoms with Gasteiger partial charge in [0.2, 0.25) is 0 Å². The van der Waals surface area contributed by atoms with E-state index in [1.165, 1.54) is 0 Å². The molecule has 0 bridgehead atoms. The first-order chi connectivity index (χ1) is 11.6. The molecule has 1 heterocycles. The number of esters is 1. The van der Waals surface area contributed by atoms with Crippen LogP contribution in [0.5, 0.6) is 5.75 Å². The molecule has 2 aromatic rings. The molecule has 124 valence electrons. The highest BCUT2D eigenvalue weighted by molar-refractivity contribution is 6.03. The van der Waals surface area contributed by atoms with Crippen molar-refractivity contribution in [1.29, 1.82) is 0 Å². The fourth-order valence-corrected chi connectivity index (χ4v) is 3.07. The normalized spacial score (nSPS) is 17.3. The van der Waals surface area contributed by atoms with Gasteiger partial charge in [-0.05, 0) is 29.2 Å². The zero-order valence-corrected chi connectivity index (χ0v) is 14.3. The molecular formula is C21H22O3. The van der Waals surface area contributed by atoms with Gasteiger partial charge < -0.3 is 9.47 Å². The Morgan fingerprint density at radius 3 is 2.29 bits per heavy atom. The minimum Gasteiger partial charge on any atom is -0.497 e. The number of cyclic esters (lactones) is 1. The van der Waals surface area contributed by atoms with Crippen LogP contribution in [0.1, 0.15) is 25.0 Å². The fraction of sp³-hybridized carbons (Fsp3) is 0.286. The molecule has 0 radical (unpaired) electrons. The number of benzene rings is 2. The number of ether oxygens (including phenoxy) is 2. The van der Waals surface area contributed by atoms with Crippen molar-refractivity contribution in [2.75, 3.05) is 7.11 Å². The molecule has 3 nitrogen and oxygen atoms in total. The van der Waals surface area contributed by atoms with E-state index in [9.17, 15) is 4.79 Å². The van der Waals surface area contributed by atoms with Gasteiger partial charge in [0.1, 0.15) is 11.9 Å². The van der Waals surface area contributed by atoms with E-state index in [1.807, 2.05) is 54.6 Å². The summed E-state index contributed by atoms with van der Waals surface area (Å²) in [5.41, 5.74) is 3.89. The predicted molar refractivity (Wildman–Crippen MR) is 94.8 cm³/mol. The number of hydrogen-bond donors (Lipinski definition) is 0. The van der Waals surface area contributed by atoms with Crippen LogP contribution in [0, 0.1) is 5.92 Å². The van der Waals surface area contributed by atoms with Crippen molar-refractivity contribution >= 4 is 11.5 Å². The summed E-state index contributed by atoms with van der Waals surface area (Å²) in [5.74, 6) is 0.818. The quantitative estimate of drug-likeness (QED) is 0.771. The third kappa shape index (κ3) is 3.21. The number of carbonyl (C=O) groups excluding carboxylic acids is 1. The van der Waals surface area contributed by atoms with Gasteiger partial charge in [0, 0.05) is 17.6 Å². The summed E-state index contributed by atoms with van der Waals surface area (Å²) in [5, 5.41) is 0. The second-order valence-corrected chi connectivity index (χ2v) is 6.35. The van der Waals surface area contributed by atoms with E-state index < -0.39 is 0 Å². The standard InChI is InChI=1S/C21H22O3/c1-14(2)20-19(16-9-11-17(23-3)12-10-16)18(21(22)24-20)13-15-7-5-4-6-8-15/h4-12,14,20H,13H2,1-3H3. The van der Waals surface area contributed by atoms with Crippen LogP contribution < -0.4 is 4.74 Å². The van der Waals surface area contributed by atoms with Crippen molar-refractivity contribution in [2.45, 2.75) is 26.4 Å². The van der Waals surface area contributed by atoms with Crippen LogP contribution in [-0.4, -0.2) is 19.2 Å². The van der Waals surface area contributed by atoms with Gasteiger partial charge in [0.25, 0.3) is 0 Å². The molecule has 1 aliphatic heterocycles. The summed E-state index contributed by atoms with van der Waals surface area (Å²) < 4.78 is 10.9. The molecule has 0 amide bonds. The van der Waals surface area contributed by atoms with Crippen LogP contribution in [0.25, 0.3) is 5.57 Å². The van der Waals surface area contributed by atoms with E-state index in [2.05, 4.69) is 13.8 Å². The highest BCUT2D eigenvalue weighted by Gasteiger charge is 2.36. The number of methoxy groups -OCH3 is 1. The maximum atomic E-state index is 12.5. The van der Waals surface area contributed by atoms with E-state index in [4.69, 9.17) is 9.47 Å². The summed E-state index contributed by atoms with van der Waals surface area (Å²) in [4.78, 5) is 12.5. The van der Waals surface area contributed by atoms with Gasteiger partial charge in [-0.15, -0.1) is 0 Å². The molecule has 1 unspecified atom stereocenters. The van der Waals surface area contributed by atoms with Gasteiger partial charge in [0.05, 0.1) is 7.11 Å². The van der Waals surface area contributed by atoms with Crippen LogP contribution in [0.4, 0.5) is 0 Å². The molecule has 0 aromatic heterocycles. The molecule has 1 aliphatic rings. The Morgan fingerprint density at radius 2 is 1.71 bits per heavy atom. The molecule has 0 fully saturated rings. The van der Waals surface area contributed by atoms with Crippen molar-refractivity contribution in [3.63, 3.8) is 0 Å². The smallest absolute Gasteiger partial charge is 0.335 e. The lowest BCUT2D eigenvalue weighted by atomic mass is 9.89. The molecular weight excluding hydrogens is 300 g/mol. The lowest BCUT2D eigenvalue weighted by Crippen LogP contribution is -2.18. The van der Waals surface area contributed by atoms with Crippen molar-refractivity contribution < 1.29 is 14.3 Å². The topological polar surface area (TPSA) is 35.5 Å². The van der Waals surface area contributed by atoms with Gasteiger partial charge in [-0.25, -0.2) is 4.79 Å². The molecule has 0 saturated heterocycles. The Hall–Kier alpha value is -2.55. The van der Waals surface area contributed by atoms with Crippen LogP contribution in [0.15, 0.2) is 60.2 Å². The number of rotatable bonds is 5. The van der Waals surface area contributed by atoms with E-state index >= 15 is 0 Å². The third-order valence-electron chi connectivity index (χ3n) is 4.32. The summed E-state index contributed by atoms with van der Waals surface area (Å²) in [6.45, 7) is 4.15. The maximum Gasteiger partial charge on any atom is 0.335 e. The largest absolute Gasteiger partial charge is 0.497 e. The third-order valence-corrected chi connectivity index (χ3v) is 4.32. The van der Waals surface area contributed by atoms with Crippen LogP contribution in [-0.2, 0) is 16.0 Å². The monoisotopic (exact) mass is 322 g/mol. The predicted octanol–water partition coefficient (Wildman–Crippen LogP) is 4.27. The maximum absolute atomic E-state index is 12.5. The summed E-state index contributed by atoms with van der Waals surface area (Å²) in [7, 11) is 1.65. The van der Waals surface area contributed by atoms with Crippen LogP contribution >= 0.6 is 0 Å². The molecule has 0 spiro atoms. The average Bonchev–Trinajstić information content (AvgIpc) is 2.93. The van der Waals surface area contributed by atoms with E-state index in [-0.39, 0.29) is 18.0 Å². The van der Waals surface area contributed by atoms with Crippen molar-refractivity contribution in [3.05, 3.63) is 71.3 Å². The van der Waals surface area contributed by atoms with E-state index in [0.29, 0.717) is 6.42 Å². The van der Waals surface area contributed by atoms with Crippen LogP contribution in [0.3, 0.4) is 0 Å². The summed E-state index contributed by atoms with van der Waals surface area (Å²) >= 11 is 0. The van der Waals surface area contributed by atoms with Gasteiger partial charge in [-0.1, -0.05) is 56.3 Å². The summed E-state index contributed by atoms with van der Waals surface area (Å²) in [6, 6.07) is 17.9. The highest BCUT2D eigenvalue weighted by Crippen LogP contribution is 2.37. The Morgan fingerprint density at radius 1 is 1.04 bits per heavy atom. The average molecular weight is 322 g/mol. The Balaban J connectivity index is 2.05. The Kier molecular flexibility index (Phi) is 4.70. The van der Waals surface area contributed by atoms with Gasteiger partial charge in [0.15, 0.2) is 0 Å². The lowest BCUT2D eigenvalue weighted by molar-refractivity contribution is -0.140. The Labute approximate surface area is 142 Å². The van der Waals surface area contributed by atoms with Crippen LogP contribution in [0.2, 0.25) is 0 Å². The minimum atomic E-state index is -0.205. The minimum absolute atomic E-state index is 0.204. The Bertz CT molecular complexity index is 742. The number of hydrogen-bond acceptors (Lipinski definition) is 3. The first-order valence-electron chi connectivity index (χ1n) is 8.22. The number of carbonyl (C=O) groups is 1. The van der Waals surface area contributed by atoms with Gasteiger partial charge in [-0.2, -0.15) is 0 Å². The fourth-order valence-electron chi connectivity index (χ4n) is 3.07. The van der Waals surface area contributed by atoms with Crippen molar-refractivity contribution in [1.82, 2.24) is 0 Å². The second kappa shape index (κ2) is 6.91. The lowest BCUT2D eigenvalue weighted by Gasteiger charge is -2.18. The summed E-state index contributed by atoms with van der Waals surface area (Å²) in [6.07, 6.45) is 0.383. The molecule has 24 heavy (non-hydrogen) atoms. The van der Waals surface area contributed by atoms with Gasteiger partial charge >= 0.3 is 5.97 Å². The highest BCUT2D eigenvalue weighted by atomic mass is 16.5. The van der Waals surface area contributed by atoms with Gasteiger partial charge in [-0.3, -0.25) is 0 Å². The molecule has 2 aromatic carbocycles. The molecule has 3 heteroatoms. The first-order valence-corrected chi connectivity index (χ1v) is 8.22. The molecule has 3 rings (SSSR count). The van der Waals surface area contributed by atoms with Crippen molar-refractivity contribution in [2.24, 2.45) is 5.92 Å². The van der Waals surface area contributed by atoms with E-state index in [0.717, 1.165) is 28.0 Å². The van der Waals surface area contributed by atoms with Crippen molar-refractivity contribution in [3.8, 4) is 5.75 Å². The zero-order valence-electron chi connectivity index (χ0n) is 14.3. The molecule has 0 N–H and O–H groups in total. The first kappa shape index (κ1) is 16.3. The second-order valence-electron chi connectivity index (χ2n) is 6.35. The zero-order chi connectivity index (χ0) is 17.1. The molecule has 1 atom stereocenters. The SMILES string of the molecule is COc1ccc(C2=C(Cc3ccccc3)C(=O)OC2C(C)C)cc1. The molecule has 0 saturated carbocycles.